The van der Waals surface area contributed by atoms with Crippen molar-refractivity contribution in [2.75, 3.05) is 20.1 Å². The number of hydrogen-bond acceptors (Lipinski definition) is 3. The molecule has 1 unspecified atom stereocenters. The Balaban J connectivity index is 2.44. The molecule has 1 N–H and O–H groups in total. The zero-order valence-corrected chi connectivity index (χ0v) is 11.7. The van der Waals surface area contributed by atoms with Crippen LogP contribution in [0, 0.1) is 13.8 Å². The lowest BCUT2D eigenvalue weighted by Crippen LogP contribution is -2.37. The molecular weight excluding hydrogens is 210 g/mol. The van der Waals surface area contributed by atoms with Gasteiger partial charge in [-0.05, 0) is 46.0 Å². The summed E-state index contributed by atoms with van der Waals surface area (Å²) < 4.78 is 0. The van der Waals surface area contributed by atoms with Crippen LogP contribution in [-0.4, -0.2) is 36.1 Å². The van der Waals surface area contributed by atoms with Crippen LogP contribution in [-0.2, 0) is 6.54 Å². The number of aryl methyl sites for hydroxylation is 2. The van der Waals surface area contributed by atoms with Crippen LogP contribution in [0.1, 0.15) is 30.8 Å². The molecule has 0 saturated carbocycles. The first-order chi connectivity index (χ1) is 8.02. The topological polar surface area (TPSA) is 28.2 Å². The minimum absolute atomic E-state index is 0.501. The van der Waals surface area contributed by atoms with Crippen molar-refractivity contribution < 1.29 is 0 Å². The van der Waals surface area contributed by atoms with E-state index in [1.54, 1.807) is 0 Å². The number of likely N-dealkylation sites (N-methyl/N-ethyl adjacent to an activating group) is 1. The lowest BCUT2D eigenvalue weighted by atomic mass is 10.1. The Bertz CT molecular complexity index is 349. The highest BCUT2D eigenvalue weighted by Crippen LogP contribution is 2.06. The number of pyridine rings is 1. The van der Waals surface area contributed by atoms with Crippen molar-refractivity contribution in [1.82, 2.24) is 15.2 Å². The van der Waals surface area contributed by atoms with Crippen LogP contribution in [0.25, 0.3) is 0 Å². The molecular formula is C14H25N3. The van der Waals surface area contributed by atoms with Crippen LogP contribution in [0.5, 0.6) is 0 Å². The number of rotatable bonds is 6. The molecule has 0 aliphatic rings. The second kappa shape index (κ2) is 6.72. The molecule has 17 heavy (non-hydrogen) atoms. The maximum atomic E-state index is 4.48. The highest BCUT2D eigenvalue weighted by Gasteiger charge is 2.06. The molecule has 0 bridgehead atoms. The van der Waals surface area contributed by atoms with Gasteiger partial charge in [0.1, 0.15) is 0 Å². The molecule has 0 fully saturated rings. The molecule has 1 aromatic rings. The van der Waals surface area contributed by atoms with Crippen LogP contribution in [0.4, 0.5) is 0 Å². The highest BCUT2D eigenvalue weighted by atomic mass is 15.1. The fourth-order valence-corrected chi connectivity index (χ4v) is 1.85. The van der Waals surface area contributed by atoms with E-state index < -0.39 is 0 Å². The van der Waals surface area contributed by atoms with Crippen molar-refractivity contribution in [3.05, 3.63) is 29.1 Å². The van der Waals surface area contributed by atoms with E-state index in [0.717, 1.165) is 31.0 Å². The Morgan fingerprint density at radius 2 is 2.06 bits per heavy atom. The van der Waals surface area contributed by atoms with Gasteiger partial charge in [0, 0.05) is 30.5 Å². The molecule has 1 rings (SSSR count). The molecule has 1 atom stereocenters. The molecule has 0 aliphatic heterocycles. The molecule has 0 aliphatic carbocycles. The van der Waals surface area contributed by atoms with Crippen LogP contribution >= 0.6 is 0 Å². The molecule has 0 radical (unpaired) electrons. The van der Waals surface area contributed by atoms with E-state index in [9.17, 15) is 0 Å². The third-order valence-electron chi connectivity index (χ3n) is 3.10. The van der Waals surface area contributed by atoms with Gasteiger partial charge >= 0.3 is 0 Å². The predicted octanol–water partition coefficient (Wildman–Crippen LogP) is 2.13. The second-order valence-corrected chi connectivity index (χ2v) is 4.83. The predicted molar refractivity (Wildman–Crippen MR) is 73.2 cm³/mol. The minimum Gasteiger partial charge on any atom is -0.309 e. The summed E-state index contributed by atoms with van der Waals surface area (Å²) in [7, 11) is 2.15. The zero-order valence-electron chi connectivity index (χ0n) is 11.7. The molecule has 96 valence electrons. The van der Waals surface area contributed by atoms with Crippen LogP contribution in [0.15, 0.2) is 12.1 Å². The average molecular weight is 235 g/mol. The first-order valence-corrected chi connectivity index (χ1v) is 6.38. The lowest BCUT2D eigenvalue weighted by Gasteiger charge is -2.21. The minimum atomic E-state index is 0.501. The summed E-state index contributed by atoms with van der Waals surface area (Å²) >= 11 is 0. The summed E-state index contributed by atoms with van der Waals surface area (Å²) in [5, 5.41) is 3.54. The summed E-state index contributed by atoms with van der Waals surface area (Å²) in [6.07, 6.45) is 0. The Hall–Kier alpha value is -0.930. The van der Waals surface area contributed by atoms with E-state index in [-0.39, 0.29) is 0 Å². The molecule has 1 aromatic heterocycles. The third-order valence-corrected chi connectivity index (χ3v) is 3.10. The van der Waals surface area contributed by atoms with Gasteiger partial charge in [-0.3, -0.25) is 4.98 Å². The first-order valence-electron chi connectivity index (χ1n) is 6.38. The van der Waals surface area contributed by atoms with Gasteiger partial charge in [0.15, 0.2) is 0 Å². The largest absolute Gasteiger partial charge is 0.309 e. The van der Waals surface area contributed by atoms with Crippen molar-refractivity contribution >= 4 is 0 Å². The number of nitrogens with one attached hydrogen (secondary N) is 1. The molecule has 1 heterocycles. The van der Waals surface area contributed by atoms with Gasteiger partial charge in [-0.2, -0.15) is 0 Å². The van der Waals surface area contributed by atoms with Gasteiger partial charge in [-0.15, -0.1) is 0 Å². The maximum absolute atomic E-state index is 4.48. The normalized spacial score (nSPS) is 13.1. The van der Waals surface area contributed by atoms with E-state index in [1.165, 1.54) is 5.56 Å². The van der Waals surface area contributed by atoms with Crippen molar-refractivity contribution in [2.45, 2.75) is 40.3 Å². The molecule has 0 amide bonds. The molecule has 0 saturated heterocycles. The van der Waals surface area contributed by atoms with Gasteiger partial charge in [-0.1, -0.05) is 13.0 Å². The van der Waals surface area contributed by atoms with Crippen LogP contribution in [0.2, 0.25) is 0 Å². The van der Waals surface area contributed by atoms with E-state index in [1.807, 2.05) is 6.92 Å². The van der Waals surface area contributed by atoms with E-state index >= 15 is 0 Å². The Kier molecular flexibility index (Phi) is 5.59. The molecule has 0 spiro atoms. The number of aromatic nitrogens is 1. The maximum Gasteiger partial charge on any atom is 0.0420 e. The fraction of sp³-hybridized carbons (Fsp3) is 0.643. The number of nitrogens with zero attached hydrogens (tertiary/aromatic N) is 2. The van der Waals surface area contributed by atoms with Gasteiger partial charge in [0.25, 0.3) is 0 Å². The van der Waals surface area contributed by atoms with E-state index in [0.29, 0.717) is 6.04 Å². The van der Waals surface area contributed by atoms with Crippen LogP contribution < -0.4 is 5.32 Å². The van der Waals surface area contributed by atoms with Crippen LogP contribution in [0.3, 0.4) is 0 Å². The van der Waals surface area contributed by atoms with E-state index in [2.05, 4.69) is 55.2 Å². The zero-order chi connectivity index (χ0) is 12.8. The Labute approximate surface area is 105 Å². The quantitative estimate of drug-likeness (QED) is 0.818. The fourth-order valence-electron chi connectivity index (χ4n) is 1.85. The standard InChI is InChI=1S/C14H25N3/c1-6-17(5)10-12(3)15-9-14-8-7-11(2)16-13(14)4/h7-8,12,15H,6,9-10H2,1-5H3. The summed E-state index contributed by atoms with van der Waals surface area (Å²) in [5.41, 5.74) is 3.51. The summed E-state index contributed by atoms with van der Waals surface area (Å²) in [5.74, 6) is 0. The van der Waals surface area contributed by atoms with Crippen molar-refractivity contribution in [2.24, 2.45) is 0 Å². The van der Waals surface area contributed by atoms with Gasteiger partial charge in [-0.25, -0.2) is 0 Å². The Morgan fingerprint density at radius 3 is 2.65 bits per heavy atom. The number of hydrogen-bond donors (Lipinski definition) is 1. The SMILES string of the molecule is CCN(C)CC(C)NCc1ccc(C)nc1C. The van der Waals surface area contributed by atoms with E-state index in [4.69, 9.17) is 0 Å². The Morgan fingerprint density at radius 1 is 1.35 bits per heavy atom. The van der Waals surface area contributed by atoms with Crippen molar-refractivity contribution in [3.8, 4) is 0 Å². The molecule has 0 aromatic carbocycles. The summed E-state index contributed by atoms with van der Waals surface area (Å²) in [6.45, 7) is 11.6. The smallest absolute Gasteiger partial charge is 0.0420 e. The van der Waals surface area contributed by atoms with Gasteiger partial charge < -0.3 is 10.2 Å². The van der Waals surface area contributed by atoms with Gasteiger partial charge in [0.05, 0.1) is 0 Å². The third kappa shape index (κ3) is 4.84. The monoisotopic (exact) mass is 235 g/mol. The first kappa shape index (κ1) is 14.1. The summed E-state index contributed by atoms with van der Waals surface area (Å²) in [4.78, 5) is 6.80. The van der Waals surface area contributed by atoms with Crippen molar-refractivity contribution in [1.29, 1.82) is 0 Å². The van der Waals surface area contributed by atoms with Crippen molar-refractivity contribution in [3.63, 3.8) is 0 Å². The average Bonchev–Trinajstić information content (AvgIpc) is 2.27. The molecule has 3 nitrogen and oxygen atoms in total. The van der Waals surface area contributed by atoms with Gasteiger partial charge in [0.2, 0.25) is 0 Å². The summed E-state index contributed by atoms with van der Waals surface area (Å²) in [6, 6.07) is 4.74. The second-order valence-electron chi connectivity index (χ2n) is 4.83. The highest BCUT2D eigenvalue weighted by molar-refractivity contribution is 5.21. The lowest BCUT2D eigenvalue weighted by molar-refractivity contribution is 0.309. The molecule has 3 heteroatoms.